The van der Waals surface area contributed by atoms with E-state index in [4.69, 9.17) is 34.8 Å². The van der Waals surface area contributed by atoms with Crippen LogP contribution in [0.3, 0.4) is 0 Å². The molecule has 38 heavy (non-hydrogen) atoms. The summed E-state index contributed by atoms with van der Waals surface area (Å²) in [5.41, 5.74) is 1.54. The maximum atomic E-state index is 13.9. The SMILES string of the molecule is CC[C@@H](C(=O)NC1CCCCC1)N(Cc1ccc(Cl)cc1Cl)C(=O)CN(c1ccc(Cl)cc1C)S(C)(=O)=O. The minimum Gasteiger partial charge on any atom is -0.352 e. The van der Waals surface area contributed by atoms with Gasteiger partial charge in [0.2, 0.25) is 21.8 Å². The Morgan fingerprint density at radius 2 is 1.66 bits per heavy atom. The van der Waals surface area contributed by atoms with E-state index >= 15 is 0 Å². The van der Waals surface area contributed by atoms with Gasteiger partial charge in [-0.25, -0.2) is 8.42 Å². The van der Waals surface area contributed by atoms with Crippen LogP contribution in [0.15, 0.2) is 36.4 Å². The lowest BCUT2D eigenvalue weighted by atomic mass is 9.95. The quantitative estimate of drug-likeness (QED) is 0.363. The maximum absolute atomic E-state index is 13.9. The van der Waals surface area contributed by atoms with Crippen molar-refractivity contribution >= 4 is 62.3 Å². The number of hydrogen-bond donors (Lipinski definition) is 1. The molecule has 7 nitrogen and oxygen atoms in total. The zero-order valence-electron chi connectivity index (χ0n) is 21.8. The Morgan fingerprint density at radius 1 is 1.03 bits per heavy atom. The van der Waals surface area contributed by atoms with Crippen molar-refractivity contribution in [2.45, 2.75) is 71.0 Å². The van der Waals surface area contributed by atoms with Gasteiger partial charge in [-0.05, 0) is 67.6 Å². The van der Waals surface area contributed by atoms with Crippen molar-refractivity contribution in [2.24, 2.45) is 0 Å². The molecule has 0 radical (unpaired) electrons. The van der Waals surface area contributed by atoms with Crippen molar-refractivity contribution in [1.82, 2.24) is 10.2 Å². The Hall–Kier alpha value is -2.00. The van der Waals surface area contributed by atoms with Gasteiger partial charge in [0.1, 0.15) is 12.6 Å². The first-order valence-electron chi connectivity index (χ1n) is 12.7. The molecule has 0 aromatic heterocycles. The predicted octanol–water partition coefficient (Wildman–Crippen LogP) is 5.98. The molecular weight excluding hydrogens is 569 g/mol. The number of nitrogens with zero attached hydrogens (tertiary/aromatic N) is 2. The van der Waals surface area contributed by atoms with Gasteiger partial charge in [-0.3, -0.25) is 13.9 Å². The van der Waals surface area contributed by atoms with Gasteiger partial charge in [-0.1, -0.05) is 67.1 Å². The van der Waals surface area contributed by atoms with Crippen LogP contribution in [-0.2, 0) is 26.2 Å². The molecule has 2 amide bonds. The third kappa shape index (κ3) is 8.01. The van der Waals surface area contributed by atoms with Crippen molar-refractivity contribution in [3.63, 3.8) is 0 Å². The van der Waals surface area contributed by atoms with Crippen LogP contribution in [-0.4, -0.2) is 50.0 Å². The van der Waals surface area contributed by atoms with Gasteiger partial charge in [-0.2, -0.15) is 0 Å². The second-order valence-electron chi connectivity index (χ2n) is 9.73. The fourth-order valence-corrected chi connectivity index (χ4v) is 6.39. The van der Waals surface area contributed by atoms with Gasteiger partial charge < -0.3 is 10.2 Å². The van der Waals surface area contributed by atoms with Crippen molar-refractivity contribution in [3.05, 3.63) is 62.6 Å². The van der Waals surface area contributed by atoms with Crippen molar-refractivity contribution in [3.8, 4) is 0 Å². The molecule has 0 spiro atoms. The average molecular weight is 603 g/mol. The van der Waals surface area contributed by atoms with Gasteiger partial charge in [0.15, 0.2) is 0 Å². The number of sulfonamides is 1. The van der Waals surface area contributed by atoms with E-state index in [2.05, 4.69) is 5.32 Å². The second-order valence-corrected chi connectivity index (χ2v) is 12.9. The van der Waals surface area contributed by atoms with Gasteiger partial charge in [0.05, 0.1) is 11.9 Å². The molecule has 0 bridgehead atoms. The molecule has 1 atom stereocenters. The highest BCUT2D eigenvalue weighted by molar-refractivity contribution is 7.92. The van der Waals surface area contributed by atoms with Crippen LogP contribution in [0.2, 0.25) is 15.1 Å². The second kappa shape index (κ2) is 13.4. The van der Waals surface area contributed by atoms with Gasteiger partial charge >= 0.3 is 0 Å². The predicted molar refractivity (Wildman–Crippen MR) is 154 cm³/mol. The standard InChI is InChI=1S/C27H34Cl3N3O4S/c1-4-24(27(35)31-22-8-6-5-7-9-22)32(16-19-10-11-21(29)15-23(19)30)26(34)17-33(38(3,36)37)25-13-12-20(28)14-18(25)2/h10-15,22,24H,4-9,16-17H2,1-3H3,(H,31,35)/t24-/m0/s1. The number of aryl methyl sites for hydroxylation is 1. The Kier molecular flexibility index (Phi) is 10.7. The van der Waals surface area contributed by atoms with Crippen LogP contribution >= 0.6 is 34.8 Å². The molecule has 1 aliphatic carbocycles. The molecule has 2 aromatic rings. The minimum atomic E-state index is -3.85. The molecule has 208 valence electrons. The molecular formula is C27H34Cl3N3O4S. The fourth-order valence-electron chi connectivity index (χ4n) is 4.79. The first-order chi connectivity index (χ1) is 17.9. The summed E-state index contributed by atoms with van der Waals surface area (Å²) in [6.45, 7) is 3.08. The third-order valence-electron chi connectivity index (χ3n) is 6.80. The molecule has 0 aliphatic heterocycles. The van der Waals surface area contributed by atoms with E-state index in [-0.39, 0.29) is 18.5 Å². The average Bonchev–Trinajstić information content (AvgIpc) is 2.84. The topological polar surface area (TPSA) is 86.8 Å². The molecule has 0 unspecified atom stereocenters. The monoisotopic (exact) mass is 601 g/mol. The van der Waals surface area contributed by atoms with Crippen LogP contribution in [0.25, 0.3) is 0 Å². The van der Waals surface area contributed by atoms with Crippen LogP contribution in [0.1, 0.15) is 56.6 Å². The van der Waals surface area contributed by atoms with Crippen LogP contribution in [0.4, 0.5) is 5.69 Å². The van der Waals surface area contributed by atoms with E-state index in [0.29, 0.717) is 38.3 Å². The summed E-state index contributed by atoms with van der Waals surface area (Å²) < 4.78 is 26.7. The summed E-state index contributed by atoms with van der Waals surface area (Å²) in [5, 5.41) is 4.36. The fraction of sp³-hybridized carbons (Fsp3) is 0.481. The first kappa shape index (κ1) is 30.5. The number of carbonyl (C=O) groups is 2. The summed E-state index contributed by atoms with van der Waals surface area (Å²) >= 11 is 18.6. The molecule has 1 saturated carbocycles. The van der Waals surface area contributed by atoms with Crippen molar-refractivity contribution in [2.75, 3.05) is 17.1 Å². The van der Waals surface area contributed by atoms with Crippen LogP contribution < -0.4 is 9.62 Å². The smallest absolute Gasteiger partial charge is 0.244 e. The van der Waals surface area contributed by atoms with E-state index in [1.54, 1.807) is 43.3 Å². The van der Waals surface area contributed by atoms with E-state index in [1.165, 1.54) is 4.90 Å². The molecule has 1 N–H and O–H groups in total. The molecule has 1 fully saturated rings. The molecule has 2 aromatic carbocycles. The van der Waals surface area contributed by atoms with Gasteiger partial charge in [-0.15, -0.1) is 0 Å². The first-order valence-corrected chi connectivity index (χ1v) is 15.7. The maximum Gasteiger partial charge on any atom is 0.244 e. The number of anilines is 1. The van der Waals surface area contributed by atoms with Crippen molar-refractivity contribution in [1.29, 1.82) is 0 Å². The Bertz CT molecular complexity index is 1270. The largest absolute Gasteiger partial charge is 0.352 e. The Balaban J connectivity index is 1.96. The number of amides is 2. The highest BCUT2D eigenvalue weighted by Crippen LogP contribution is 2.28. The van der Waals surface area contributed by atoms with Gasteiger partial charge in [0.25, 0.3) is 0 Å². The lowest BCUT2D eigenvalue weighted by Crippen LogP contribution is -2.54. The number of nitrogens with one attached hydrogen (secondary N) is 1. The number of hydrogen-bond acceptors (Lipinski definition) is 4. The lowest BCUT2D eigenvalue weighted by Gasteiger charge is -2.34. The van der Waals surface area contributed by atoms with E-state index in [0.717, 1.165) is 42.7 Å². The summed E-state index contributed by atoms with van der Waals surface area (Å²) in [7, 11) is -3.85. The van der Waals surface area contributed by atoms with E-state index < -0.39 is 28.5 Å². The number of rotatable bonds is 10. The lowest BCUT2D eigenvalue weighted by molar-refractivity contribution is -0.140. The normalized spacial score (nSPS) is 15.1. The molecule has 0 saturated heterocycles. The zero-order valence-corrected chi connectivity index (χ0v) is 24.9. The highest BCUT2D eigenvalue weighted by atomic mass is 35.5. The molecule has 11 heteroatoms. The highest BCUT2D eigenvalue weighted by Gasteiger charge is 2.33. The van der Waals surface area contributed by atoms with E-state index in [1.807, 2.05) is 6.92 Å². The van der Waals surface area contributed by atoms with Crippen LogP contribution in [0.5, 0.6) is 0 Å². The van der Waals surface area contributed by atoms with Gasteiger partial charge in [0, 0.05) is 27.7 Å². The number of halogens is 3. The van der Waals surface area contributed by atoms with E-state index in [9.17, 15) is 18.0 Å². The van der Waals surface area contributed by atoms with Crippen LogP contribution in [0, 0.1) is 6.92 Å². The summed E-state index contributed by atoms with van der Waals surface area (Å²) in [6, 6.07) is 8.96. The number of carbonyl (C=O) groups excluding carboxylic acids is 2. The Labute approximate surface area is 240 Å². The molecule has 0 heterocycles. The third-order valence-corrected chi connectivity index (χ3v) is 8.75. The summed E-state index contributed by atoms with van der Waals surface area (Å²) in [4.78, 5) is 28.7. The molecule has 3 rings (SSSR count). The minimum absolute atomic E-state index is 0.0165. The Morgan fingerprint density at radius 3 is 2.24 bits per heavy atom. The van der Waals surface area contributed by atoms with Crippen molar-refractivity contribution < 1.29 is 18.0 Å². The number of benzene rings is 2. The molecule has 1 aliphatic rings. The summed E-state index contributed by atoms with van der Waals surface area (Å²) in [6.07, 6.45) is 6.43. The summed E-state index contributed by atoms with van der Waals surface area (Å²) in [5.74, 6) is -0.784. The zero-order chi connectivity index (χ0) is 28.0.